The van der Waals surface area contributed by atoms with Crippen LogP contribution in [0.4, 0.5) is 11.4 Å². The van der Waals surface area contributed by atoms with Gasteiger partial charge in [-0.15, -0.1) is 0 Å². The monoisotopic (exact) mass is 440 g/mol. The summed E-state index contributed by atoms with van der Waals surface area (Å²) in [7, 11) is 3.17. The molecule has 1 atom stereocenters. The molecule has 5 rings (SSSR count). The van der Waals surface area contributed by atoms with Gasteiger partial charge in [-0.05, 0) is 61.7 Å². The summed E-state index contributed by atoms with van der Waals surface area (Å²) >= 11 is 0. The summed E-state index contributed by atoms with van der Waals surface area (Å²) in [5.41, 5.74) is 6.36. The first-order valence-electron chi connectivity index (χ1n) is 11.3. The minimum atomic E-state index is -0.107. The van der Waals surface area contributed by atoms with E-state index in [0.717, 1.165) is 30.6 Å². The Hall–Kier alpha value is -3.73. The molecular weight excluding hydrogens is 412 g/mol. The molecule has 1 amide bonds. The molecular formula is C28H28N2O3. The Labute approximate surface area is 194 Å². The van der Waals surface area contributed by atoms with Gasteiger partial charge in [-0.25, -0.2) is 0 Å². The van der Waals surface area contributed by atoms with Crippen LogP contribution in [0.3, 0.4) is 0 Å². The molecule has 0 fully saturated rings. The van der Waals surface area contributed by atoms with Gasteiger partial charge in [-0.3, -0.25) is 4.79 Å². The van der Waals surface area contributed by atoms with Crippen LogP contribution in [0.5, 0.6) is 11.5 Å². The second kappa shape index (κ2) is 8.66. The summed E-state index contributed by atoms with van der Waals surface area (Å²) in [5.74, 6) is 1.08. The fraction of sp³-hybridized carbons (Fsp3) is 0.250. The molecule has 0 radical (unpaired) electrons. The number of hydrogen-bond acceptors (Lipinski definition) is 4. The van der Waals surface area contributed by atoms with E-state index in [1.165, 1.54) is 16.9 Å². The van der Waals surface area contributed by atoms with Gasteiger partial charge in [0.15, 0.2) is 11.5 Å². The zero-order chi connectivity index (χ0) is 22.9. The maximum Gasteiger partial charge on any atom is 0.258 e. The molecule has 2 aliphatic heterocycles. The van der Waals surface area contributed by atoms with Crippen LogP contribution in [0.25, 0.3) is 5.70 Å². The smallest absolute Gasteiger partial charge is 0.258 e. The standard InChI is InChI=1S/C28H28N2O3/c1-19-17-25(29-16-8-10-20-9-4-6-12-23(20)29)22-11-5-7-13-24(22)30(19)28(31)21-14-15-26(32-2)27(18-21)33-3/h4-7,9,11-15,17-19H,8,10,16H2,1-3H3. The number of carbonyl (C=O) groups excluding carboxylic acids is 1. The van der Waals surface area contributed by atoms with Crippen LogP contribution in [-0.4, -0.2) is 32.7 Å². The highest BCUT2D eigenvalue weighted by Gasteiger charge is 2.33. The minimum Gasteiger partial charge on any atom is -0.493 e. The van der Waals surface area contributed by atoms with Crippen molar-refractivity contribution in [2.24, 2.45) is 0 Å². The highest BCUT2D eigenvalue weighted by Crippen LogP contribution is 2.41. The van der Waals surface area contributed by atoms with E-state index in [4.69, 9.17) is 9.47 Å². The van der Waals surface area contributed by atoms with Gasteiger partial charge in [0.25, 0.3) is 5.91 Å². The number of amides is 1. The van der Waals surface area contributed by atoms with Crippen molar-refractivity contribution < 1.29 is 14.3 Å². The van der Waals surface area contributed by atoms with Gasteiger partial charge in [0.1, 0.15) is 0 Å². The minimum absolute atomic E-state index is 0.0646. The average Bonchev–Trinajstić information content (AvgIpc) is 2.87. The first kappa shape index (κ1) is 21.1. The number of ether oxygens (including phenoxy) is 2. The Morgan fingerprint density at radius 1 is 0.909 bits per heavy atom. The van der Waals surface area contributed by atoms with E-state index in [-0.39, 0.29) is 11.9 Å². The molecule has 168 valence electrons. The van der Waals surface area contributed by atoms with Crippen LogP contribution in [0.2, 0.25) is 0 Å². The first-order valence-corrected chi connectivity index (χ1v) is 11.3. The van der Waals surface area contributed by atoms with Crippen molar-refractivity contribution in [2.75, 3.05) is 30.6 Å². The van der Waals surface area contributed by atoms with Crippen molar-refractivity contribution in [3.8, 4) is 11.5 Å². The molecule has 33 heavy (non-hydrogen) atoms. The van der Waals surface area contributed by atoms with Crippen LogP contribution in [0.1, 0.15) is 34.8 Å². The van der Waals surface area contributed by atoms with Crippen LogP contribution >= 0.6 is 0 Å². The van der Waals surface area contributed by atoms with Gasteiger partial charge in [0.05, 0.1) is 25.9 Å². The molecule has 0 saturated carbocycles. The van der Waals surface area contributed by atoms with Crippen molar-refractivity contribution in [1.82, 2.24) is 0 Å². The lowest BCUT2D eigenvalue weighted by atomic mass is 9.94. The second-order valence-electron chi connectivity index (χ2n) is 8.44. The third-order valence-corrected chi connectivity index (χ3v) is 6.50. The van der Waals surface area contributed by atoms with Crippen LogP contribution in [-0.2, 0) is 6.42 Å². The average molecular weight is 441 g/mol. The lowest BCUT2D eigenvalue weighted by Gasteiger charge is -2.40. The molecule has 0 N–H and O–H groups in total. The lowest BCUT2D eigenvalue weighted by Crippen LogP contribution is -2.42. The molecule has 3 aromatic carbocycles. The number of aryl methyl sites for hydroxylation is 1. The molecule has 3 aromatic rings. The van der Waals surface area contributed by atoms with Gasteiger partial charge < -0.3 is 19.3 Å². The molecule has 0 aromatic heterocycles. The molecule has 5 heteroatoms. The SMILES string of the molecule is COc1ccc(C(=O)N2c3ccccc3C(N3CCCc4ccccc43)=CC2C)cc1OC. The molecule has 1 unspecified atom stereocenters. The quantitative estimate of drug-likeness (QED) is 0.534. The Bertz CT molecular complexity index is 1230. The Morgan fingerprint density at radius 3 is 2.42 bits per heavy atom. The fourth-order valence-electron chi connectivity index (χ4n) is 4.93. The third-order valence-electron chi connectivity index (χ3n) is 6.50. The van der Waals surface area contributed by atoms with E-state index in [0.29, 0.717) is 17.1 Å². The van der Waals surface area contributed by atoms with Crippen molar-refractivity contribution in [1.29, 1.82) is 0 Å². The number of hydrogen-bond donors (Lipinski definition) is 0. The largest absolute Gasteiger partial charge is 0.493 e. The van der Waals surface area contributed by atoms with E-state index in [9.17, 15) is 4.79 Å². The van der Waals surface area contributed by atoms with Crippen molar-refractivity contribution in [3.63, 3.8) is 0 Å². The number of fused-ring (bicyclic) bond motifs is 2. The Kier molecular flexibility index (Phi) is 5.55. The summed E-state index contributed by atoms with van der Waals surface area (Å²) in [6.45, 7) is 3.04. The normalized spacial score (nSPS) is 17.1. The molecule has 0 saturated heterocycles. The molecule has 5 nitrogen and oxygen atoms in total. The van der Waals surface area contributed by atoms with E-state index in [1.807, 2.05) is 23.1 Å². The number of methoxy groups -OCH3 is 2. The van der Waals surface area contributed by atoms with E-state index in [2.05, 4.69) is 48.2 Å². The van der Waals surface area contributed by atoms with E-state index >= 15 is 0 Å². The highest BCUT2D eigenvalue weighted by molar-refractivity contribution is 6.10. The van der Waals surface area contributed by atoms with E-state index in [1.54, 1.807) is 32.4 Å². The van der Waals surface area contributed by atoms with Gasteiger partial charge in [-0.2, -0.15) is 0 Å². The van der Waals surface area contributed by atoms with Crippen molar-refractivity contribution >= 4 is 23.0 Å². The number of anilines is 2. The van der Waals surface area contributed by atoms with Crippen molar-refractivity contribution in [2.45, 2.75) is 25.8 Å². The van der Waals surface area contributed by atoms with Gasteiger partial charge in [0, 0.05) is 29.1 Å². The number of para-hydroxylation sites is 2. The number of nitrogens with zero attached hydrogens (tertiary/aromatic N) is 2. The lowest BCUT2D eigenvalue weighted by molar-refractivity contribution is 0.0982. The third kappa shape index (κ3) is 3.63. The summed E-state index contributed by atoms with van der Waals surface area (Å²) < 4.78 is 10.8. The Morgan fingerprint density at radius 2 is 1.64 bits per heavy atom. The fourth-order valence-corrected chi connectivity index (χ4v) is 4.93. The first-order chi connectivity index (χ1) is 16.1. The van der Waals surface area contributed by atoms with E-state index < -0.39 is 0 Å². The molecule has 0 spiro atoms. The van der Waals surface area contributed by atoms with Gasteiger partial charge >= 0.3 is 0 Å². The topological polar surface area (TPSA) is 42.0 Å². The predicted molar refractivity (Wildman–Crippen MR) is 132 cm³/mol. The molecule has 2 heterocycles. The van der Waals surface area contributed by atoms with Crippen LogP contribution < -0.4 is 19.3 Å². The second-order valence-corrected chi connectivity index (χ2v) is 8.44. The number of benzene rings is 3. The van der Waals surface area contributed by atoms with Gasteiger partial charge in [0.2, 0.25) is 0 Å². The molecule has 0 aliphatic carbocycles. The van der Waals surface area contributed by atoms with Gasteiger partial charge in [-0.1, -0.05) is 36.4 Å². The zero-order valence-electron chi connectivity index (χ0n) is 19.2. The molecule has 0 bridgehead atoms. The van der Waals surface area contributed by atoms with Crippen LogP contribution in [0, 0.1) is 0 Å². The van der Waals surface area contributed by atoms with Crippen LogP contribution in [0.15, 0.2) is 72.8 Å². The highest BCUT2D eigenvalue weighted by atomic mass is 16.5. The number of carbonyl (C=O) groups is 1. The molecule has 2 aliphatic rings. The maximum absolute atomic E-state index is 13.7. The van der Waals surface area contributed by atoms with Crippen molar-refractivity contribution in [3.05, 3.63) is 89.5 Å². The Balaban J connectivity index is 1.56. The summed E-state index contributed by atoms with van der Waals surface area (Å²) in [6.07, 6.45) is 4.42. The zero-order valence-corrected chi connectivity index (χ0v) is 19.2. The summed E-state index contributed by atoms with van der Waals surface area (Å²) in [5, 5.41) is 0. The predicted octanol–water partition coefficient (Wildman–Crippen LogP) is 5.55. The maximum atomic E-state index is 13.7. The summed E-state index contributed by atoms with van der Waals surface area (Å²) in [4.78, 5) is 18.0. The summed E-state index contributed by atoms with van der Waals surface area (Å²) in [6, 6.07) is 22.0. The number of rotatable bonds is 4.